The number of hydrogen-bond donors (Lipinski definition) is 0. The third kappa shape index (κ3) is 3.72. The topological polar surface area (TPSA) is 31.4 Å². The van der Waals surface area contributed by atoms with Crippen LogP contribution in [0, 0.1) is 0 Å². The maximum absolute atomic E-state index is 5.81. The molecule has 1 aromatic carbocycles. The van der Waals surface area contributed by atoms with Crippen LogP contribution in [-0.2, 0) is 18.0 Å². The Morgan fingerprint density at radius 3 is 2.72 bits per heavy atom. The molecule has 4 heteroatoms. The normalized spacial score (nSPS) is 10.3. The molecule has 0 spiro atoms. The summed E-state index contributed by atoms with van der Waals surface area (Å²) in [5.74, 6) is 0.798. The van der Waals surface area contributed by atoms with E-state index in [0.29, 0.717) is 18.4 Å². The maximum Gasteiger partial charge on any atom is 0.130 e. The summed E-state index contributed by atoms with van der Waals surface area (Å²) in [4.78, 5) is 4.16. The molecule has 0 saturated carbocycles. The third-order valence-corrected chi connectivity index (χ3v) is 2.58. The molecule has 0 amide bonds. The van der Waals surface area contributed by atoms with Crippen molar-refractivity contribution in [2.75, 3.05) is 7.11 Å². The summed E-state index contributed by atoms with van der Waals surface area (Å²) in [5.41, 5.74) is 1.88. The smallest absolute Gasteiger partial charge is 0.130 e. The molecule has 0 aliphatic heterocycles. The van der Waals surface area contributed by atoms with Gasteiger partial charge in [0.1, 0.15) is 17.5 Å². The first-order chi connectivity index (χ1) is 8.78. The van der Waals surface area contributed by atoms with Crippen molar-refractivity contribution < 1.29 is 9.47 Å². The lowest BCUT2D eigenvalue weighted by atomic mass is 10.2. The SMILES string of the molecule is COCc1cccc(OCc2cccc(Cl)n2)c1. The predicted octanol–water partition coefficient (Wildman–Crippen LogP) is 3.46. The van der Waals surface area contributed by atoms with Crippen molar-refractivity contribution in [2.24, 2.45) is 0 Å². The van der Waals surface area contributed by atoms with E-state index in [4.69, 9.17) is 21.1 Å². The van der Waals surface area contributed by atoms with E-state index < -0.39 is 0 Å². The Bertz CT molecular complexity index is 517. The number of ether oxygens (including phenoxy) is 2. The van der Waals surface area contributed by atoms with Crippen LogP contribution in [0.25, 0.3) is 0 Å². The number of halogens is 1. The largest absolute Gasteiger partial charge is 0.487 e. The van der Waals surface area contributed by atoms with Gasteiger partial charge >= 0.3 is 0 Å². The second-order valence-corrected chi connectivity index (χ2v) is 4.21. The summed E-state index contributed by atoms with van der Waals surface area (Å²) < 4.78 is 10.7. The van der Waals surface area contributed by atoms with Gasteiger partial charge in [-0.05, 0) is 29.8 Å². The Hall–Kier alpha value is -1.58. The molecule has 0 aliphatic carbocycles. The highest BCUT2D eigenvalue weighted by Gasteiger charge is 1.99. The molecule has 1 aromatic heterocycles. The van der Waals surface area contributed by atoms with E-state index in [-0.39, 0.29) is 0 Å². The first-order valence-electron chi connectivity index (χ1n) is 5.60. The molecular formula is C14H14ClNO2. The van der Waals surface area contributed by atoms with Gasteiger partial charge in [-0.15, -0.1) is 0 Å². The summed E-state index contributed by atoms with van der Waals surface area (Å²) >= 11 is 5.81. The van der Waals surface area contributed by atoms with Crippen LogP contribution in [0.3, 0.4) is 0 Å². The number of nitrogens with zero attached hydrogens (tertiary/aromatic N) is 1. The first-order valence-corrected chi connectivity index (χ1v) is 5.98. The fraction of sp³-hybridized carbons (Fsp3) is 0.214. The van der Waals surface area contributed by atoms with Gasteiger partial charge in [0.05, 0.1) is 12.3 Å². The number of pyridine rings is 1. The van der Waals surface area contributed by atoms with Gasteiger partial charge in [0, 0.05) is 7.11 Å². The maximum atomic E-state index is 5.81. The van der Waals surface area contributed by atoms with Crippen molar-refractivity contribution in [1.29, 1.82) is 0 Å². The van der Waals surface area contributed by atoms with Gasteiger partial charge in [-0.1, -0.05) is 29.8 Å². The van der Waals surface area contributed by atoms with Gasteiger partial charge in [0.2, 0.25) is 0 Å². The number of aromatic nitrogens is 1. The van der Waals surface area contributed by atoms with Crippen LogP contribution in [0.15, 0.2) is 42.5 Å². The molecule has 1 heterocycles. The van der Waals surface area contributed by atoms with Gasteiger partial charge in [-0.3, -0.25) is 0 Å². The minimum Gasteiger partial charge on any atom is -0.487 e. The molecule has 0 radical (unpaired) electrons. The van der Waals surface area contributed by atoms with E-state index in [1.807, 2.05) is 36.4 Å². The molecule has 0 saturated heterocycles. The quantitative estimate of drug-likeness (QED) is 0.774. The van der Waals surface area contributed by atoms with E-state index in [1.165, 1.54) is 0 Å². The molecule has 2 aromatic rings. The van der Waals surface area contributed by atoms with E-state index >= 15 is 0 Å². The fourth-order valence-corrected chi connectivity index (χ4v) is 1.76. The van der Waals surface area contributed by atoms with Crippen LogP contribution in [0.5, 0.6) is 5.75 Å². The summed E-state index contributed by atoms with van der Waals surface area (Å²) in [5, 5.41) is 0.476. The van der Waals surface area contributed by atoms with E-state index in [9.17, 15) is 0 Å². The monoisotopic (exact) mass is 263 g/mol. The molecule has 0 unspecified atom stereocenters. The van der Waals surface area contributed by atoms with Crippen molar-refractivity contribution >= 4 is 11.6 Å². The molecule has 0 N–H and O–H groups in total. The first kappa shape index (κ1) is 12.9. The lowest BCUT2D eigenvalue weighted by Crippen LogP contribution is -1.98. The van der Waals surface area contributed by atoms with Crippen LogP contribution in [0.2, 0.25) is 5.15 Å². The fourth-order valence-electron chi connectivity index (χ4n) is 1.58. The van der Waals surface area contributed by atoms with Crippen LogP contribution in [0.4, 0.5) is 0 Å². The Labute approximate surface area is 111 Å². The number of benzene rings is 1. The number of hydrogen-bond acceptors (Lipinski definition) is 3. The van der Waals surface area contributed by atoms with E-state index in [2.05, 4.69) is 4.98 Å². The third-order valence-electron chi connectivity index (χ3n) is 2.37. The van der Waals surface area contributed by atoms with Crippen LogP contribution in [-0.4, -0.2) is 12.1 Å². The molecule has 0 atom stereocenters. The lowest BCUT2D eigenvalue weighted by Gasteiger charge is -2.07. The van der Waals surface area contributed by atoms with Gasteiger partial charge in [-0.2, -0.15) is 0 Å². The molecular weight excluding hydrogens is 250 g/mol. The second-order valence-electron chi connectivity index (χ2n) is 3.82. The summed E-state index contributed by atoms with van der Waals surface area (Å²) in [6, 6.07) is 13.3. The zero-order chi connectivity index (χ0) is 12.8. The van der Waals surface area contributed by atoms with Crippen LogP contribution >= 0.6 is 11.6 Å². The van der Waals surface area contributed by atoms with Crippen LogP contribution < -0.4 is 4.74 Å². The molecule has 18 heavy (non-hydrogen) atoms. The van der Waals surface area contributed by atoms with E-state index in [0.717, 1.165) is 17.0 Å². The minimum absolute atomic E-state index is 0.400. The molecule has 94 valence electrons. The molecule has 0 fully saturated rings. The Morgan fingerprint density at radius 2 is 1.94 bits per heavy atom. The van der Waals surface area contributed by atoms with Crippen LogP contribution in [0.1, 0.15) is 11.3 Å². The highest BCUT2D eigenvalue weighted by atomic mass is 35.5. The number of rotatable bonds is 5. The van der Waals surface area contributed by atoms with Gasteiger partial charge in [-0.25, -0.2) is 4.98 Å². The molecule has 0 aliphatic rings. The second kappa shape index (κ2) is 6.38. The van der Waals surface area contributed by atoms with Crippen molar-refractivity contribution in [3.63, 3.8) is 0 Å². The number of methoxy groups -OCH3 is 1. The van der Waals surface area contributed by atoms with Crippen molar-refractivity contribution in [1.82, 2.24) is 4.98 Å². The van der Waals surface area contributed by atoms with E-state index in [1.54, 1.807) is 13.2 Å². The predicted molar refractivity (Wildman–Crippen MR) is 70.7 cm³/mol. The summed E-state index contributed by atoms with van der Waals surface area (Å²) in [6.45, 7) is 0.976. The van der Waals surface area contributed by atoms with Gasteiger partial charge in [0.15, 0.2) is 0 Å². The van der Waals surface area contributed by atoms with Crippen molar-refractivity contribution in [3.05, 3.63) is 58.9 Å². The summed E-state index contributed by atoms with van der Waals surface area (Å²) in [6.07, 6.45) is 0. The standard InChI is InChI=1S/C14H14ClNO2/c1-17-9-11-4-2-6-13(8-11)18-10-12-5-3-7-14(15)16-12/h2-8H,9-10H2,1H3. The average Bonchev–Trinajstić information content (AvgIpc) is 2.37. The highest BCUT2D eigenvalue weighted by Crippen LogP contribution is 2.15. The van der Waals surface area contributed by atoms with Crippen molar-refractivity contribution in [3.8, 4) is 5.75 Å². The zero-order valence-electron chi connectivity index (χ0n) is 10.1. The van der Waals surface area contributed by atoms with Gasteiger partial charge < -0.3 is 9.47 Å². The zero-order valence-corrected chi connectivity index (χ0v) is 10.9. The molecule has 2 rings (SSSR count). The van der Waals surface area contributed by atoms with Crippen molar-refractivity contribution in [2.45, 2.75) is 13.2 Å². The Morgan fingerprint density at radius 1 is 1.11 bits per heavy atom. The Kier molecular flexibility index (Phi) is 4.56. The highest BCUT2D eigenvalue weighted by molar-refractivity contribution is 6.29. The Balaban J connectivity index is 1.99. The van der Waals surface area contributed by atoms with Gasteiger partial charge in [0.25, 0.3) is 0 Å². The average molecular weight is 264 g/mol. The lowest BCUT2D eigenvalue weighted by molar-refractivity contribution is 0.184. The molecule has 0 bridgehead atoms. The molecule has 3 nitrogen and oxygen atoms in total. The minimum atomic E-state index is 0.400. The summed E-state index contributed by atoms with van der Waals surface area (Å²) in [7, 11) is 1.67.